The Morgan fingerprint density at radius 3 is 2.18 bits per heavy atom. The molecule has 6 heteroatoms. The zero-order chi connectivity index (χ0) is 24.6. The molecule has 0 spiro atoms. The molecule has 3 aromatic rings. The van der Waals surface area contributed by atoms with Gasteiger partial charge in [0.05, 0.1) is 18.7 Å². The van der Waals surface area contributed by atoms with Crippen molar-refractivity contribution in [1.29, 1.82) is 0 Å². The van der Waals surface area contributed by atoms with Crippen LogP contribution in [0.15, 0.2) is 78.4 Å². The molecule has 0 aromatic heterocycles. The Kier molecular flexibility index (Phi) is 6.24. The van der Waals surface area contributed by atoms with E-state index in [2.05, 4.69) is 20.8 Å². The van der Waals surface area contributed by atoms with Crippen LogP contribution in [0.4, 0.5) is 5.69 Å². The third-order valence-corrected chi connectivity index (χ3v) is 6.22. The van der Waals surface area contributed by atoms with Crippen molar-refractivity contribution in [2.45, 2.75) is 32.2 Å². The molecule has 34 heavy (non-hydrogen) atoms. The summed E-state index contributed by atoms with van der Waals surface area (Å²) < 4.78 is 5.26. The van der Waals surface area contributed by atoms with E-state index >= 15 is 0 Å². The van der Waals surface area contributed by atoms with Crippen molar-refractivity contribution in [2.24, 2.45) is 0 Å². The number of ether oxygens (including phenoxy) is 1. The van der Waals surface area contributed by atoms with Crippen LogP contribution in [-0.2, 0) is 15.0 Å². The monoisotopic (exact) mass is 475 g/mol. The minimum atomic E-state index is -0.814. The van der Waals surface area contributed by atoms with E-state index < -0.39 is 17.7 Å². The summed E-state index contributed by atoms with van der Waals surface area (Å²) in [5, 5.41) is 11.6. The second-order valence-corrected chi connectivity index (χ2v) is 9.69. The molecule has 174 valence electrons. The first kappa shape index (κ1) is 23.6. The maximum atomic E-state index is 13.3. The number of hydrogen-bond donors (Lipinski definition) is 1. The number of halogens is 1. The van der Waals surface area contributed by atoms with Crippen LogP contribution < -0.4 is 9.64 Å². The fraction of sp³-hybridized carbons (Fsp3) is 0.214. The number of aliphatic hydroxyl groups is 1. The van der Waals surface area contributed by atoms with Gasteiger partial charge in [-0.3, -0.25) is 14.5 Å². The maximum absolute atomic E-state index is 13.3. The van der Waals surface area contributed by atoms with Crippen LogP contribution in [0.25, 0.3) is 5.76 Å². The van der Waals surface area contributed by atoms with Crippen LogP contribution in [0.3, 0.4) is 0 Å². The Hall–Kier alpha value is -3.57. The van der Waals surface area contributed by atoms with Crippen molar-refractivity contribution in [3.05, 3.63) is 100 Å². The zero-order valence-electron chi connectivity index (χ0n) is 19.5. The largest absolute Gasteiger partial charge is 0.507 e. The third kappa shape index (κ3) is 4.31. The standard InChI is InChI=1S/C28H26ClNO4/c1-28(2,3)19-10-12-21(13-11-19)30-24(17-8-14-22(34-4)15-9-17)23(26(32)27(30)33)25(31)18-6-5-7-20(29)16-18/h5-16,24,31H,1-4H3/b25-23+. The van der Waals surface area contributed by atoms with Gasteiger partial charge in [-0.25, -0.2) is 0 Å². The van der Waals surface area contributed by atoms with Gasteiger partial charge in [0, 0.05) is 16.3 Å². The highest BCUT2D eigenvalue weighted by atomic mass is 35.5. The second kappa shape index (κ2) is 8.99. The first-order valence-corrected chi connectivity index (χ1v) is 11.3. The summed E-state index contributed by atoms with van der Waals surface area (Å²) >= 11 is 6.11. The van der Waals surface area contributed by atoms with Gasteiger partial charge < -0.3 is 9.84 Å². The number of amides is 1. The predicted molar refractivity (Wildman–Crippen MR) is 134 cm³/mol. The lowest BCUT2D eigenvalue weighted by atomic mass is 9.87. The van der Waals surface area contributed by atoms with Gasteiger partial charge >= 0.3 is 0 Å². The number of anilines is 1. The van der Waals surface area contributed by atoms with Gasteiger partial charge in [0.2, 0.25) is 0 Å². The lowest BCUT2D eigenvalue weighted by Gasteiger charge is -2.27. The summed E-state index contributed by atoms with van der Waals surface area (Å²) in [5.74, 6) is -1.08. The second-order valence-electron chi connectivity index (χ2n) is 9.25. The minimum Gasteiger partial charge on any atom is -0.507 e. The van der Waals surface area contributed by atoms with E-state index in [1.54, 1.807) is 55.6 Å². The summed E-state index contributed by atoms with van der Waals surface area (Å²) in [7, 11) is 1.57. The summed E-state index contributed by atoms with van der Waals surface area (Å²) in [4.78, 5) is 28.0. The van der Waals surface area contributed by atoms with E-state index in [1.165, 1.54) is 4.90 Å². The summed E-state index contributed by atoms with van der Waals surface area (Å²) in [6.07, 6.45) is 0. The average Bonchev–Trinajstić information content (AvgIpc) is 3.08. The van der Waals surface area contributed by atoms with Crippen LogP contribution in [0, 0.1) is 0 Å². The number of carbonyl (C=O) groups is 2. The molecular weight excluding hydrogens is 450 g/mol. The molecule has 1 heterocycles. The van der Waals surface area contributed by atoms with Crippen molar-refractivity contribution in [1.82, 2.24) is 0 Å². The Morgan fingerprint density at radius 2 is 1.62 bits per heavy atom. The molecule has 3 aromatic carbocycles. The average molecular weight is 476 g/mol. The van der Waals surface area contributed by atoms with E-state index in [-0.39, 0.29) is 16.7 Å². The number of benzene rings is 3. The van der Waals surface area contributed by atoms with Crippen LogP contribution in [-0.4, -0.2) is 23.9 Å². The number of hydrogen-bond acceptors (Lipinski definition) is 4. The summed E-state index contributed by atoms with van der Waals surface area (Å²) in [5.41, 5.74) is 2.66. The highest BCUT2D eigenvalue weighted by Gasteiger charge is 2.47. The van der Waals surface area contributed by atoms with Gasteiger partial charge in [-0.2, -0.15) is 0 Å². The minimum absolute atomic E-state index is 0.0114. The van der Waals surface area contributed by atoms with Gasteiger partial charge in [-0.15, -0.1) is 0 Å². The number of aliphatic hydroxyl groups excluding tert-OH is 1. The van der Waals surface area contributed by atoms with E-state index in [0.29, 0.717) is 27.6 Å². The molecule has 0 aliphatic carbocycles. The fourth-order valence-corrected chi connectivity index (χ4v) is 4.30. The van der Waals surface area contributed by atoms with E-state index in [1.807, 2.05) is 24.3 Å². The predicted octanol–water partition coefficient (Wildman–Crippen LogP) is 6.27. The Labute approximate surface area is 204 Å². The summed E-state index contributed by atoms with van der Waals surface area (Å²) in [6, 6.07) is 20.4. The zero-order valence-corrected chi connectivity index (χ0v) is 20.3. The lowest BCUT2D eigenvalue weighted by Crippen LogP contribution is -2.29. The van der Waals surface area contributed by atoms with E-state index in [9.17, 15) is 14.7 Å². The van der Waals surface area contributed by atoms with Crippen molar-refractivity contribution in [2.75, 3.05) is 12.0 Å². The molecular formula is C28H26ClNO4. The quantitative estimate of drug-likeness (QED) is 0.274. The summed E-state index contributed by atoms with van der Waals surface area (Å²) in [6.45, 7) is 6.32. The van der Waals surface area contributed by atoms with Crippen LogP contribution in [0.2, 0.25) is 5.02 Å². The molecule has 1 fully saturated rings. The lowest BCUT2D eigenvalue weighted by molar-refractivity contribution is -0.132. The van der Waals surface area contributed by atoms with Gasteiger partial charge in [-0.05, 0) is 52.9 Å². The number of methoxy groups -OCH3 is 1. The maximum Gasteiger partial charge on any atom is 0.300 e. The highest BCUT2D eigenvalue weighted by Crippen LogP contribution is 2.43. The van der Waals surface area contributed by atoms with E-state index in [0.717, 1.165) is 5.56 Å². The normalized spacial score (nSPS) is 17.8. The van der Waals surface area contributed by atoms with Gasteiger partial charge in [0.1, 0.15) is 11.5 Å². The van der Waals surface area contributed by atoms with Crippen molar-refractivity contribution in [3.63, 3.8) is 0 Å². The highest BCUT2D eigenvalue weighted by molar-refractivity contribution is 6.51. The topological polar surface area (TPSA) is 66.8 Å². The molecule has 4 rings (SSSR count). The number of nitrogens with zero attached hydrogens (tertiary/aromatic N) is 1. The molecule has 0 saturated carbocycles. The van der Waals surface area contributed by atoms with Crippen molar-refractivity contribution < 1.29 is 19.4 Å². The number of carbonyl (C=O) groups excluding carboxylic acids is 2. The number of ketones is 1. The molecule has 1 saturated heterocycles. The first-order chi connectivity index (χ1) is 16.1. The number of Topliss-reactive ketones (excluding diaryl/α,β-unsaturated/α-hetero) is 1. The Balaban J connectivity index is 1.90. The van der Waals surface area contributed by atoms with Crippen LogP contribution in [0.5, 0.6) is 5.75 Å². The van der Waals surface area contributed by atoms with Crippen molar-refractivity contribution >= 4 is 34.7 Å². The van der Waals surface area contributed by atoms with Crippen LogP contribution in [0.1, 0.15) is 43.5 Å². The van der Waals surface area contributed by atoms with Gasteiger partial charge in [0.15, 0.2) is 0 Å². The molecule has 1 aliphatic rings. The van der Waals surface area contributed by atoms with Gasteiger partial charge in [-0.1, -0.05) is 68.8 Å². The molecule has 1 atom stereocenters. The molecule has 1 amide bonds. The molecule has 1 unspecified atom stereocenters. The smallest absolute Gasteiger partial charge is 0.300 e. The first-order valence-electron chi connectivity index (χ1n) is 10.9. The van der Waals surface area contributed by atoms with Crippen LogP contribution >= 0.6 is 11.6 Å². The molecule has 1 N–H and O–H groups in total. The SMILES string of the molecule is COc1ccc(C2/C(=C(\O)c3cccc(Cl)c3)C(=O)C(=O)N2c2ccc(C(C)(C)C)cc2)cc1. The Morgan fingerprint density at radius 1 is 0.971 bits per heavy atom. The van der Waals surface area contributed by atoms with Crippen molar-refractivity contribution in [3.8, 4) is 5.75 Å². The van der Waals surface area contributed by atoms with E-state index in [4.69, 9.17) is 16.3 Å². The molecule has 1 aliphatic heterocycles. The molecule has 0 radical (unpaired) electrons. The molecule has 5 nitrogen and oxygen atoms in total. The number of rotatable bonds is 4. The molecule has 0 bridgehead atoms. The Bertz CT molecular complexity index is 1270. The fourth-order valence-electron chi connectivity index (χ4n) is 4.11. The van der Waals surface area contributed by atoms with Gasteiger partial charge in [0.25, 0.3) is 11.7 Å². The third-order valence-electron chi connectivity index (χ3n) is 5.99.